The van der Waals surface area contributed by atoms with Crippen molar-refractivity contribution in [2.75, 3.05) is 5.32 Å². The Balaban J connectivity index is 2.12. The summed E-state index contributed by atoms with van der Waals surface area (Å²) in [5.41, 5.74) is 0.660. The van der Waals surface area contributed by atoms with E-state index in [1.807, 2.05) is 12.1 Å². The molecular formula is C14H15Br2NO3. The second-order valence-corrected chi connectivity index (χ2v) is 6.72. The first-order valence-corrected chi connectivity index (χ1v) is 8.06. The van der Waals surface area contributed by atoms with Crippen molar-refractivity contribution in [3.8, 4) is 0 Å². The van der Waals surface area contributed by atoms with Gasteiger partial charge in [-0.2, -0.15) is 0 Å². The van der Waals surface area contributed by atoms with Gasteiger partial charge in [0.05, 0.1) is 17.5 Å². The number of carboxylic acids is 1. The molecule has 0 unspecified atom stereocenters. The molecule has 0 bridgehead atoms. The number of aliphatic carboxylic acids is 1. The van der Waals surface area contributed by atoms with Crippen LogP contribution in [0.4, 0.5) is 5.69 Å². The van der Waals surface area contributed by atoms with Crippen molar-refractivity contribution in [3.05, 3.63) is 27.1 Å². The molecule has 6 heteroatoms. The summed E-state index contributed by atoms with van der Waals surface area (Å²) < 4.78 is 1.67. The van der Waals surface area contributed by atoms with Crippen LogP contribution in [0.2, 0.25) is 0 Å². The van der Waals surface area contributed by atoms with Gasteiger partial charge in [0.2, 0.25) is 5.91 Å². The van der Waals surface area contributed by atoms with Gasteiger partial charge in [-0.15, -0.1) is 0 Å². The molecule has 0 aliphatic heterocycles. The van der Waals surface area contributed by atoms with Crippen molar-refractivity contribution in [3.63, 3.8) is 0 Å². The number of hydrogen-bond acceptors (Lipinski definition) is 2. The second-order valence-electron chi connectivity index (χ2n) is 4.95. The average Bonchev–Trinajstić information content (AvgIpc) is 2.41. The Morgan fingerprint density at radius 3 is 2.40 bits per heavy atom. The number of benzene rings is 1. The van der Waals surface area contributed by atoms with Crippen molar-refractivity contribution in [1.29, 1.82) is 0 Å². The number of amides is 1. The van der Waals surface area contributed by atoms with Crippen molar-refractivity contribution in [2.24, 2.45) is 11.8 Å². The van der Waals surface area contributed by atoms with Gasteiger partial charge in [0.1, 0.15) is 0 Å². The number of carbonyl (C=O) groups is 2. The van der Waals surface area contributed by atoms with E-state index in [1.165, 1.54) is 0 Å². The molecule has 0 spiro atoms. The fraction of sp³-hybridized carbons (Fsp3) is 0.429. The fourth-order valence-electron chi connectivity index (χ4n) is 2.56. The van der Waals surface area contributed by atoms with Crippen LogP contribution in [-0.2, 0) is 9.59 Å². The zero-order valence-electron chi connectivity index (χ0n) is 10.7. The number of carbonyl (C=O) groups excluding carboxylic acids is 1. The molecule has 2 rings (SSSR count). The normalized spacial score (nSPS) is 22.3. The van der Waals surface area contributed by atoms with E-state index >= 15 is 0 Å². The number of anilines is 1. The Hall–Kier alpha value is -0.880. The molecule has 1 aromatic rings. The molecule has 1 aromatic carbocycles. The number of hydrogen-bond donors (Lipinski definition) is 2. The average molecular weight is 405 g/mol. The lowest BCUT2D eigenvalue weighted by atomic mass is 9.78. The molecule has 0 heterocycles. The summed E-state index contributed by atoms with van der Waals surface area (Å²) in [6, 6.07) is 5.45. The minimum absolute atomic E-state index is 0.208. The summed E-state index contributed by atoms with van der Waals surface area (Å²) in [5, 5.41) is 12.0. The summed E-state index contributed by atoms with van der Waals surface area (Å²) in [5.74, 6) is -2.10. The van der Waals surface area contributed by atoms with Gasteiger partial charge in [0, 0.05) is 8.95 Å². The van der Waals surface area contributed by atoms with Gasteiger partial charge in [-0.25, -0.2) is 0 Å². The maximum atomic E-state index is 12.3. The van der Waals surface area contributed by atoms with Gasteiger partial charge in [-0.1, -0.05) is 28.8 Å². The van der Waals surface area contributed by atoms with Crippen LogP contribution in [0, 0.1) is 11.8 Å². The summed E-state index contributed by atoms with van der Waals surface area (Å²) in [4.78, 5) is 23.6. The van der Waals surface area contributed by atoms with Crippen LogP contribution < -0.4 is 5.32 Å². The van der Waals surface area contributed by atoms with Crippen LogP contribution in [0.1, 0.15) is 25.7 Å². The lowest BCUT2D eigenvalue weighted by Gasteiger charge is -2.27. The maximum absolute atomic E-state index is 12.3. The lowest BCUT2D eigenvalue weighted by Crippen LogP contribution is -2.36. The van der Waals surface area contributed by atoms with Gasteiger partial charge in [-0.3, -0.25) is 9.59 Å². The Bertz CT molecular complexity index is 533. The standard InChI is InChI=1S/C14H15Br2NO3/c15-8-5-6-12(11(16)7-8)17-13(18)9-3-1-2-4-10(9)14(19)20/h5-7,9-10H,1-4H2,(H,17,18)(H,19,20)/t9-,10+/m1/s1. The highest BCUT2D eigenvalue weighted by Crippen LogP contribution is 2.32. The van der Waals surface area contributed by atoms with Crippen molar-refractivity contribution in [1.82, 2.24) is 0 Å². The molecule has 2 atom stereocenters. The van der Waals surface area contributed by atoms with E-state index in [4.69, 9.17) is 0 Å². The highest BCUT2D eigenvalue weighted by Gasteiger charge is 2.35. The predicted molar refractivity (Wildman–Crippen MR) is 83.6 cm³/mol. The van der Waals surface area contributed by atoms with E-state index in [-0.39, 0.29) is 5.91 Å². The summed E-state index contributed by atoms with van der Waals surface area (Å²) >= 11 is 6.73. The summed E-state index contributed by atoms with van der Waals surface area (Å²) in [6.45, 7) is 0. The first-order valence-electron chi connectivity index (χ1n) is 6.48. The van der Waals surface area contributed by atoms with Crippen molar-refractivity contribution < 1.29 is 14.7 Å². The van der Waals surface area contributed by atoms with E-state index in [2.05, 4.69) is 37.2 Å². The van der Waals surface area contributed by atoms with Crippen LogP contribution in [0.25, 0.3) is 0 Å². The third kappa shape index (κ3) is 3.61. The third-order valence-electron chi connectivity index (χ3n) is 3.61. The number of carboxylic acid groups (broad SMARTS) is 1. The molecule has 1 saturated carbocycles. The van der Waals surface area contributed by atoms with Crippen LogP contribution in [-0.4, -0.2) is 17.0 Å². The van der Waals surface area contributed by atoms with Crippen molar-refractivity contribution >= 4 is 49.4 Å². The zero-order valence-corrected chi connectivity index (χ0v) is 13.9. The molecule has 1 fully saturated rings. The SMILES string of the molecule is O=C(O)[C@H]1CCCC[C@H]1C(=O)Nc1ccc(Br)cc1Br. The largest absolute Gasteiger partial charge is 0.481 e. The number of rotatable bonds is 3. The van der Waals surface area contributed by atoms with Crippen molar-refractivity contribution in [2.45, 2.75) is 25.7 Å². The molecule has 4 nitrogen and oxygen atoms in total. The number of nitrogens with one attached hydrogen (secondary N) is 1. The van der Waals surface area contributed by atoms with Gasteiger partial charge in [0.25, 0.3) is 0 Å². The number of halogens is 2. The van der Waals surface area contributed by atoms with Gasteiger partial charge in [0.15, 0.2) is 0 Å². The van der Waals surface area contributed by atoms with Gasteiger partial charge in [-0.05, 0) is 47.0 Å². The minimum atomic E-state index is -0.875. The first-order chi connectivity index (χ1) is 9.49. The van der Waals surface area contributed by atoms with Crippen LogP contribution >= 0.6 is 31.9 Å². The second kappa shape index (κ2) is 6.72. The Labute approximate surface area is 134 Å². The Morgan fingerprint density at radius 2 is 1.80 bits per heavy atom. The molecule has 1 aliphatic carbocycles. The summed E-state index contributed by atoms with van der Waals surface area (Å²) in [7, 11) is 0. The van der Waals surface area contributed by atoms with Gasteiger partial charge < -0.3 is 10.4 Å². The molecule has 1 amide bonds. The maximum Gasteiger partial charge on any atom is 0.307 e. The quantitative estimate of drug-likeness (QED) is 0.798. The summed E-state index contributed by atoms with van der Waals surface area (Å²) in [6.07, 6.45) is 3.00. The molecule has 1 aliphatic rings. The molecule has 0 aromatic heterocycles. The molecule has 20 heavy (non-hydrogen) atoms. The topological polar surface area (TPSA) is 66.4 Å². The van der Waals surface area contributed by atoms with Gasteiger partial charge >= 0.3 is 5.97 Å². The van der Waals surface area contributed by atoms with Crippen LogP contribution in [0.5, 0.6) is 0 Å². The highest BCUT2D eigenvalue weighted by molar-refractivity contribution is 9.11. The van der Waals surface area contributed by atoms with E-state index in [0.717, 1.165) is 21.8 Å². The van der Waals surface area contributed by atoms with Crippen LogP contribution in [0.3, 0.4) is 0 Å². The van der Waals surface area contributed by atoms with Crippen LogP contribution in [0.15, 0.2) is 27.1 Å². The molecule has 0 saturated heterocycles. The lowest BCUT2D eigenvalue weighted by molar-refractivity contribution is -0.147. The smallest absolute Gasteiger partial charge is 0.307 e. The Morgan fingerprint density at radius 1 is 1.15 bits per heavy atom. The molecule has 0 radical (unpaired) electrons. The van der Waals surface area contributed by atoms with E-state index in [0.29, 0.717) is 18.5 Å². The van der Waals surface area contributed by atoms with E-state index in [9.17, 15) is 14.7 Å². The first kappa shape index (κ1) is 15.5. The zero-order chi connectivity index (χ0) is 14.7. The molecular weight excluding hydrogens is 390 g/mol. The minimum Gasteiger partial charge on any atom is -0.481 e. The third-order valence-corrected chi connectivity index (χ3v) is 4.76. The monoisotopic (exact) mass is 403 g/mol. The molecule has 2 N–H and O–H groups in total. The highest BCUT2D eigenvalue weighted by atomic mass is 79.9. The molecule has 108 valence electrons. The van der Waals surface area contributed by atoms with E-state index in [1.54, 1.807) is 6.07 Å². The predicted octanol–water partition coefficient (Wildman–Crippen LogP) is 4.04. The fourth-order valence-corrected chi connectivity index (χ4v) is 3.70. The Kier molecular flexibility index (Phi) is 5.21. The van der Waals surface area contributed by atoms with E-state index < -0.39 is 17.8 Å².